The number of amides is 2. The van der Waals surface area contributed by atoms with Crippen LogP contribution in [0, 0.1) is 0 Å². The van der Waals surface area contributed by atoms with Gasteiger partial charge in [-0.15, -0.1) is 0 Å². The van der Waals surface area contributed by atoms with Crippen molar-refractivity contribution in [2.24, 2.45) is 0 Å². The molecule has 8 heteroatoms. The summed E-state index contributed by atoms with van der Waals surface area (Å²) in [5.41, 5.74) is -0.697. The fourth-order valence-electron chi connectivity index (χ4n) is 2.44. The molecule has 0 saturated heterocycles. The van der Waals surface area contributed by atoms with E-state index >= 15 is 0 Å². The predicted octanol–water partition coefficient (Wildman–Crippen LogP) is 1.59. The number of rotatable bonds is 3. The van der Waals surface area contributed by atoms with Gasteiger partial charge in [-0.25, -0.2) is 14.5 Å². The summed E-state index contributed by atoms with van der Waals surface area (Å²) < 4.78 is 0. The number of hydrogen-bond donors (Lipinski definition) is 3. The first kappa shape index (κ1) is 15.2. The van der Waals surface area contributed by atoms with Gasteiger partial charge in [0.2, 0.25) is 0 Å². The number of carboxylic acid groups (broad SMARTS) is 2. The SMILES string of the molecule is O=C(O)c1ccc2c(c1)C(=O)N(c1ccc(O)c(C(=O)O)c1)C2=O. The van der Waals surface area contributed by atoms with E-state index in [-0.39, 0.29) is 22.4 Å². The van der Waals surface area contributed by atoms with Gasteiger partial charge in [-0.2, -0.15) is 0 Å². The van der Waals surface area contributed by atoms with Gasteiger partial charge in [0.05, 0.1) is 22.4 Å². The number of fused-ring (bicyclic) bond motifs is 1. The van der Waals surface area contributed by atoms with Crippen LogP contribution < -0.4 is 4.90 Å². The molecule has 0 fully saturated rings. The van der Waals surface area contributed by atoms with Crippen molar-refractivity contribution in [3.63, 3.8) is 0 Å². The molecular formula is C16H9NO7. The summed E-state index contributed by atoms with van der Waals surface area (Å²) in [5.74, 6) is -4.63. The molecule has 0 atom stereocenters. The normalized spacial score (nSPS) is 13.1. The van der Waals surface area contributed by atoms with Gasteiger partial charge in [-0.1, -0.05) is 0 Å². The van der Waals surface area contributed by atoms with Gasteiger partial charge in [0.1, 0.15) is 11.3 Å². The number of hydrogen-bond acceptors (Lipinski definition) is 5. The van der Waals surface area contributed by atoms with E-state index in [1.807, 2.05) is 0 Å². The lowest BCUT2D eigenvalue weighted by molar-refractivity contribution is 0.0684. The lowest BCUT2D eigenvalue weighted by Gasteiger charge is -2.14. The van der Waals surface area contributed by atoms with Gasteiger partial charge < -0.3 is 15.3 Å². The third-order valence-electron chi connectivity index (χ3n) is 3.60. The zero-order valence-electron chi connectivity index (χ0n) is 11.9. The molecule has 0 spiro atoms. The van der Waals surface area contributed by atoms with Gasteiger partial charge in [0.15, 0.2) is 0 Å². The number of benzene rings is 2. The molecule has 0 aliphatic carbocycles. The van der Waals surface area contributed by atoms with Crippen molar-refractivity contribution >= 4 is 29.4 Å². The Labute approximate surface area is 134 Å². The van der Waals surface area contributed by atoms with Crippen molar-refractivity contribution in [3.8, 4) is 5.75 Å². The van der Waals surface area contributed by atoms with Crippen molar-refractivity contribution in [2.45, 2.75) is 0 Å². The lowest BCUT2D eigenvalue weighted by Crippen LogP contribution is -2.29. The van der Waals surface area contributed by atoms with Crippen molar-refractivity contribution in [2.75, 3.05) is 4.90 Å². The van der Waals surface area contributed by atoms with E-state index in [9.17, 15) is 24.3 Å². The number of carbonyl (C=O) groups is 4. The van der Waals surface area contributed by atoms with Crippen LogP contribution in [0.1, 0.15) is 41.4 Å². The Morgan fingerprint density at radius 2 is 1.50 bits per heavy atom. The Bertz CT molecular complexity index is 932. The fourth-order valence-corrected chi connectivity index (χ4v) is 2.44. The van der Waals surface area contributed by atoms with E-state index < -0.39 is 35.1 Å². The molecule has 24 heavy (non-hydrogen) atoms. The molecule has 0 unspecified atom stereocenters. The Kier molecular flexibility index (Phi) is 3.30. The molecule has 0 bridgehead atoms. The summed E-state index contributed by atoms with van der Waals surface area (Å²) in [7, 11) is 0. The highest BCUT2D eigenvalue weighted by molar-refractivity contribution is 6.34. The molecule has 1 aliphatic rings. The summed E-state index contributed by atoms with van der Waals surface area (Å²) in [4.78, 5) is 47.7. The van der Waals surface area contributed by atoms with Crippen LogP contribution in [0.3, 0.4) is 0 Å². The van der Waals surface area contributed by atoms with Crippen molar-refractivity contribution in [1.82, 2.24) is 0 Å². The van der Waals surface area contributed by atoms with Gasteiger partial charge in [0.25, 0.3) is 11.8 Å². The summed E-state index contributed by atoms with van der Waals surface area (Å²) >= 11 is 0. The van der Waals surface area contributed by atoms with E-state index in [0.29, 0.717) is 0 Å². The molecule has 1 heterocycles. The molecule has 2 amide bonds. The molecule has 8 nitrogen and oxygen atoms in total. The van der Waals surface area contributed by atoms with Crippen LogP contribution >= 0.6 is 0 Å². The third-order valence-corrected chi connectivity index (χ3v) is 3.60. The number of nitrogens with zero attached hydrogens (tertiary/aromatic N) is 1. The average Bonchev–Trinajstić information content (AvgIpc) is 2.79. The molecule has 0 saturated carbocycles. The van der Waals surface area contributed by atoms with E-state index in [1.54, 1.807) is 0 Å². The van der Waals surface area contributed by atoms with E-state index in [4.69, 9.17) is 10.2 Å². The summed E-state index contributed by atoms with van der Waals surface area (Å²) in [6.07, 6.45) is 0. The minimum absolute atomic E-state index is 0.0231. The third kappa shape index (κ3) is 2.17. The van der Waals surface area contributed by atoms with E-state index in [0.717, 1.165) is 23.1 Å². The maximum Gasteiger partial charge on any atom is 0.339 e. The maximum atomic E-state index is 12.5. The highest BCUT2D eigenvalue weighted by Gasteiger charge is 2.37. The lowest BCUT2D eigenvalue weighted by atomic mass is 10.1. The minimum atomic E-state index is -1.42. The second-order valence-electron chi connectivity index (χ2n) is 5.02. The Morgan fingerprint density at radius 1 is 0.833 bits per heavy atom. The number of anilines is 1. The smallest absolute Gasteiger partial charge is 0.339 e. The molecule has 2 aromatic carbocycles. The summed E-state index contributed by atoms with van der Waals surface area (Å²) in [5, 5.41) is 27.5. The van der Waals surface area contributed by atoms with Crippen LogP contribution in [-0.2, 0) is 0 Å². The first-order chi connectivity index (χ1) is 11.3. The second-order valence-corrected chi connectivity index (χ2v) is 5.02. The largest absolute Gasteiger partial charge is 0.507 e. The molecule has 1 aliphatic heterocycles. The number of carboxylic acids is 2. The van der Waals surface area contributed by atoms with Gasteiger partial charge in [0, 0.05) is 0 Å². The molecule has 120 valence electrons. The standard InChI is InChI=1S/C16H9NO7/c18-12-4-2-8(6-11(12)16(23)24)17-13(19)9-3-1-7(15(21)22)5-10(9)14(17)20/h1-6,18H,(H,21,22)(H,23,24). The van der Waals surface area contributed by atoms with Crippen LogP contribution in [0.5, 0.6) is 5.75 Å². The Morgan fingerprint density at radius 3 is 2.12 bits per heavy atom. The highest BCUT2D eigenvalue weighted by Crippen LogP contribution is 2.31. The fraction of sp³-hybridized carbons (Fsp3) is 0. The number of phenols is 1. The number of aromatic hydroxyl groups is 1. The number of imide groups is 1. The minimum Gasteiger partial charge on any atom is -0.507 e. The van der Waals surface area contributed by atoms with Crippen LogP contribution in [0.2, 0.25) is 0 Å². The summed E-state index contributed by atoms with van der Waals surface area (Å²) in [6.45, 7) is 0. The van der Waals surface area contributed by atoms with E-state index in [1.165, 1.54) is 18.2 Å². The molecule has 3 rings (SSSR count). The Hall–Kier alpha value is -3.68. The van der Waals surface area contributed by atoms with Crippen LogP contribution in [0.4, 0.5) is 5.69 Å². The van der Waals surface area contributed by atoms with Crippen LogP contribution in [-0.4, -0.2) is 39.1 Å². The monoisotopic (exact) mass is 327 g/mol. The topological polar surface area (TPSA) is 132 Å². The first-order valence-corrected chi connectivity index (χ1v) is 6.63. The maximum absolute atomic E-state index is 12.5. The quantitative estimate of drug-likeness (QED) is 0.729. The zero-order valence-corrected chi connectivity index (χ0v) is 11.9. The zero-order chi connectivity index (χ0) is 17.6. The first-order valence-electron chi connectivity index (χ1n) is 6.63. The van der Waals surface area contributed by atoms with Crippen LogP contribution in [0.25, 0.3) is 0 Å². The van der Waals surface area contributed by atoms with Crippen LogP contribution in [0.15, 0.2) is 36.4 Å². The van der Waals surface area contributed by atoms with E-state index in [2.05, 4.69) is 0 Å². The molecule has 2 aromatic rings. The van der Waals surface area contributed by atoms with Crippen molar-refractivity contribution in [1.29, 1.82) is 0 Å². The van der Waals surface area contributed by atoms with Gasteiger partial charge in [-0.3, -0.25) is 9.59 Å². The molecule has 0 aromatic heterocycles. The van der Waals surface area contributed by atoms with Crippen molar-refractivity contribution in [3.05, 3.63) is 58.7 Å². The van der Waals surface area contributed by atoms with Crippen molar-refractivity contribution < 1.29 is 34.5 Å². The molecule has 0 radical (unpaired) electrons. The van der Waals surface area contributed by atoms with Gasteiger partial charge in [-0.05, 0) is 36.4 Å². The number of carbonyl (C=O) groups excluding carboxylic acids is 2. The highest BCUT2D eigenvalue weighted by atomic mass is 16.4. The second kappa shape index (κ2) is 5.20. The summed E-state index contributed by atoms with van der Waals surface area (Å²) in [6, 6.07) is 6.81. The average molecular weight is 327 g/mol. The predicted molar refractivity (Wildman–Crippen MR) is 79.6 cm³/mol. The van der Waals surface area contributed by atoms with Gasteiger partial charge >= 0.3 is 11.9 Å². The Balaban J connectivity index is 2.10. The molecule has 3 N–H and O–H groups in total. The molecular weight excluding hydrogens is 318 g/mol. The number of aromatic carboxylic acids is 2.